The average Bonchev–Trinajstić information content (AvgIpc) is 2.72. The SMILES string of the molecule is CCCCCCCCCCCCCCCCCNc1ccc(CCC(=O)O)cc1. The van der Waals surface area contributed by atoms with Crippen LogP contribution in [0, 0.1) is 0 Å². The van der Waals surface area contributed by atoms with Crippen LogP contribution < -0.4 is 5.32 Å². The third kappa shape index (κ3) is 16.0. The Morgan fingerprint density at radius 1 is 0.724 bits per heavy atom. The van der Waals surface area contributed by atoms with Crippen LogP contribution in [0.2, 0.25) is 0 Å². The number of benzene rings is 1. The maximum atomic E-state index is 10.6. The molecule has 0 aliphatic rings. The molecular weight excluding hydrogens is 358 g/mol. The number of aliphatic carboxylic acids is 1. The van der Waals surface area contributed by atoms with Crippen LogP contribution in [0.1, 0.15) is 115 Å². The summed E-state index contributed by atoms with van der Waals surface area (Å²) in [5, 5.41) is 12.2. The van der Waals surface area contributed by atoms with Crippen LogP contribution in [0.4, 0.5) is 5.69 Å². The number of hydrogen-bond donors (Lipinski definition) is 2. The zero-order valence-corrected chi connectivity index (χ0v) is 18.9. The Bertz CT molecular complexity index is 498. The first-order chi connectivity index (χ1) is 14.2. The van der Waals surface area contributed by atoms with Gasteiger partial charge in [-0.15, -0.1) is 0 Å². The summed E-state index contributed by atoms with van der Waals surface area (Å²) in [5.74, 6) is -0.736. The molecule has 0 unspecified atom stereocenters. The fourth-order valence-corrected chi connectivity index (χ4v) is 3.77. The Kier molecular flexibility index (Phi) is 16.3. The van der Waals surface area contributed by atoms with E-state index in [2.05, 4.69) is 24.4 Å². The lowest BCUT2D eigenvalue weighted by atomic mass is 10.0. The summed E-state index contributed by atoms with van der Waals surface area (Å²) < 4.78 is 0. The van der Waals surface area contributed by atoms with Gasteiger partial charge in [0, 0.05) is 18.7 Å². The van der Waals surface area contributed by atoms with Gasteiger partial charge >= 0.3 is 5.97 Å². The number of unbranched alkanes of at least 4 members (excludes halogenated alkanes) is 14. The highest BCUT2D eigenvalue weighted by Gasteiger charge is 1.99. The molecule has 0 aromatic heterocycles. The maximum Gasteiger partial charge on any atom is 0.303 e. The first-order valence-electron chi connectivity index (χ1n) is 12.3. The smallest absolute Gasteiger partial charge is 0.303 e. The van der Waals surface area contributed by atoms with Crippen LogP contribution in [0.5, 0.6) is 0 Å². The molecule has 0 fully saturated rings. The summed E-state index contributed by atoms with van der Waals surface area (Å²) >= 11 is 0. The number of rotatable bonds is 20. The lowest BCUT2D eigenvalue weighted by Gasteiger charge is -2.07. The van der Waals surface area contributed by atoms with Crippen molar-refractivity contribution >= 4 is 11.7 Å². The van der Waals surface area contributed by atoms with Gasteiger partial charge in [-0.25, -0.2) is 0 Å². The molecule has 0 radical (unpaired) electrons. The Morgan fingerprint density at radius 2 is 1.17 bits per heavy atom. The van der Waals surface area contributed by atoms with Gasteiger partial charge in [0.1, 0.15) is 0 Å². The normalized spacial score (nSPS) is 10.9. The molecule has 0 amide bonds. The summed E-state index contributed by atoms with van der Waals surface area (Å²) in [5.41, 5.74) is 2.22. The minimum Gasteiger partial charge on any atom is -0.481 e. The van der Waals surface area contributed by atoms with Crippen molar-refractivity contribution in [3.8, 4) is 0 Å². The monoisotopic (exact) mass is 403 g/mol. The molecule has 29 heavy (non-hydrogen) atoms. The molecule has 0 aliphatic carbocycles. The molecule has 166 valence electrons. The van der Waals surface area contributed by atoms with Crippen molar-refractivity contribution in [3.05, 3.63) is 29.8 Å². The van der Waals surface area contributed by atoms with Crippen LogP contribution in [-0.2, 0) is 11.2 Å². The minimum atomic E-state index is -0.736. The zero-order valence-electron chi connectivity index (χ0n) is 18.9. The molecule has 0 heterocycles. The average molecular weight is 404 g/mol. The number of aryl methyl sites for hydroxylation is 1. The largest absolute Gasteiger partial charge is 0.481 e. The van der Waals surface area contributed by atoms with Crippen LogP contribution in [0.15, 0.2) is 24.3 Å². The molecule has 1 aromatic carbocycles. The van der Waals surface area contributed by atoms with E-state index in [0.29, 0.717) is 6.42 Å². The first kappa shape index (κ1) is 25.5. The van der Waals surface area contributed by atoms with Crippen molar-refractivity contribution in [2.75, 3.05) is 11.9 Å². The predicted molar refractivity (Wildman–Crippen MR) is 126 cm³/mol. The van der Waals surface area contributed by atoms with E-state index in [4.69, 9.17) is 5.11 Å². The molecule has 3 heteroatoms. The molecule has 0 bridgehead atoms. The van der Waals surface area contributed by atoms with Crippen molar-refractivity contribution in [2.24, 2.45) is 0 Å². The van der Waals surface area contributed by atoms with Crippen molar-refractivity contribution in [1.82, 2.24) is 0 Å². The molecule has 0 atom stereocenters. The summed E-state index contributed by atoms with van der Waals surface area (Å²) in [6.07, 6.45) is 21.7. The maximum absolute atomic E-state index is 10.6. The third-order valence-electron chi connectivity index (χ3n) is 5.69. The van der Waals surface area contributed by atoms with E-state index >= 15 is 0 Å². The van der Waals surface area contributed by atoms with E-state index in [1.165, 1.54) is 96.3 Å². The van der Waals surface area contributed by atoms with E-state index in [1.807, 2.05) is 12.1 Å². The van der Waals surface area contributed by atoms with Crippen molar-refractivity contribution in [2.45, 2.75) is 116 Å². The lowest BCUT2D eigenvalue weighted by molar-refractivity contribution is -0.136. The molecule has 0 aliphatic heterocycles. The van der Waals surface area contributed by atoms with Gasteiger partial charge in [0.25, 0.3) is 0 Å². The van der Waals surface area contributed by atoms with E-state index in [0.717, 1.165) is 17.8 Å². The van der Waals surface area contributed by atoms with Gasteiger partial charge in [-0.2, -0.15) is 0 Å². The first-order valence-corrected chi connectivity index (χ1v) is 12.3. The highest BCUT2D eigenvalue weighted by molar-refractivity contribution is 5.67. The van der Waals surface area contributed by atoms with Gasteiger partial charge in [0.05, 0.1) is 0 Å². The molecule has 0 saturated heterocycles. The third-order valence-corrected chi connectivity index (χ3v) is 5.69. The highest BCUT2D eigenvalue weighted by Crippen LogP contribution is 2.14. The number of carboxylic acids is 1. The topological polar surface area (TPSA) is 49.3 Å². The van der Waals surface area contributed by atoms with Crippen LogP contribution >= 0.6 is 0 Å². The second-order valence-electron chi connectivity index (χ2n) is 8.47. The number of hydrogen-bond acceptors (Lipinski definition) is 2. The molecule has 0 saturated carbocycles. The zero-order chi connectivity index (χ0) is 21.0. The molecule has 0 spiro atoms. The van der Waals surface area contributed by atoms with Gasteiger partial charge < -0.3 is 10.4 Å². The fourth-order valence-electron chi connectivity index (χ4n) is 3.77. The van der Waals surface area contributed by atoms with Gasteiger partial charge in [0.15, 0.2) is 0 Å². The number of anilines is 1. The Morgan fingerprint density at radius 3 is 1.62 bits per heavy atom. The fraction of sp³-hybridized carbons (Fsp3) is 0.731. The summed E-state index contributed by atoms with van der Waals surface area (Å²) in [7, 11) is 0. The van der Waals surface area contributed by atoms with E-state index in [9.17, 15) is 4.79 Å². The Hall–Kier alpha value is -1.51. The quantitative estimate of drug-likeness (QED) is 0.217. The molecular formula is C26H45NO2. The van der Waals surface area contributed by atoms with Gasteiger partial charge in [0.2, 0.25) is 0 Å². The standard InChI is InChI=1S/C26H45NO2/c1-2-3-4-5-6-7-8-9-10-11-12-13-14-15-16-23-27-25-20-17-24(18-21-25)19-22-26(28)29/h17-18,20-21,27H,2-16,19,22-23H2,1H3,(H,28,29). The summed E-state index contributed by atoms with van der Waals surface area (Å²) in [4.78, 5) is 10.6. The Labute approximate surface area is 179 Å². The van der Waals surface area contributed by atoms with Crippen LogP contribution in [0.25, 0.3) is 0 Å². The highest BCUT2D eigenvalue weighted by atomic mass is 16.4. The van der Waals surface area contributed by atoms with Crippen molar-refractivity contribution in [3.63, 3.8) is 0 Å². The van der Waals surface area contributed by atoms with Crippen molar-refractivity contribution in [1.29, 1.82) is 0 Å². The van der Waals surface area contributed by atoms with Gasteiger partial charge in [-0.1, -0.05) is 109 Å². The summed E-state index contributed by atoms with van der Waals surface area (Å²) in [6.45, 7) is 3.30. The number of nitrogens with one attached hydrogen (secondary N) is 1. The predicted octanol–water partition coefficient (Wildman–Crippen LogP) is 7.99. The van der Waals surface area contributed by atoms with Crippen LogP contribution in [0.3, 0.4) is 0 Å². The van der Waals surface area contributed by atoms with E-state index in [-0.39, 0.29) is 6.42 Å². The number of carboxylic acid groups (broad SMARTS) is 1. The van der Waals surface area contributed by atoms with E-state index < -0.39 is 5.97 Å². The van der Waals surface area contributed by atoms with Crippen LogP contribution in [-0.4, -0.2) is 17.6 Å². The molecule has 2 N–H and O–H groups in total. The van der Waals surface area contributed by atoms with E-state index in [1.54, 1.807) is 0 Å². The second-order valence-corrected chi connectivity index (χ2v) is 8.47. The van der Waals surface area contributed by atoms with Gasteiger partial charge in [-0.05, 0) is 30.5 Å². The van der Waals surface area contributed by atoms with Crippen molar-refractivity contribution < 1.29 is 9.90 Å². The molecule has 1 rings (SSSR count). The molecule has 3 nitrogen and oxygen atoms in total. The summed E-state index contributed by atoms with van der Waals surface area (Å²) in [6, 6.07) is 8.17. The second kappa shape index (κ2) is 18.5. The van der Waals surface area contributed by atoms with Gasteiger partial charge in [-0.3, -0.25) is 4.79 Å². The Balaban J connectivity index is 1.83. The number of carbonyl (C=O) groups is 1. The lowest BCUT2D eigenvalue weighted by Crippen LogP contribution is -2.02. The molecule has 1 aromatic rings. The minimum absolute atomic E-state index is 0.200.